The predicted octanol–water partition coefficient (Wildman–Crippen LogP) is 1.82. The van der Waals surface area contributed by atoms with Crippen LogP contribution in [-0.2, 0) is 16.0 Å². The van der Waals surface area contributed by atoms with Gasteiger partial charge in [0.25, 0.3) is 5.91 Å². The number of rotatable bonds is 3. The van der Waals surface area contributed by atoms with Gasteiger partial charge in [-0.2, -0.15) is 0 Å². The average Bonchev–Trinajstić information content (AvgIpc) is 3.15. The first-order chi connectivity index (χ1) is 10.8. The smallest absolute Gasteiger partial charge is 0.254 e. The zero-order valence-corrected chi connectivity index (χ0v) is 12.7. The number of amides is 1. The third kappa shape index (κ3) is 2.25. The molecule has 1 heterocycles. The van der Waals surface area contributed by atoms with E-state index in [2.05, 4.69) is 11.4 Å². The Morgan fingerprint density at radius 2 is 2.09 bits per heavy atom. The molecule has 1 amide bonds. The van der Waals surface area contributed by atoms with Crippen molar-refractivity contribution in [3.63, 3.8) is 0 Å². The zero-order valence-electron chi connectivity index (χ0n) is 12.7. The van der Waals surface area contributed by atoms with Gasteiger partial charge in [0.2, 0.25) is 0 Å². The van der Waals surface area contributed by atoms with E-state index in [1.165, 1.54) is 18.4 Å². The van der Waals surface area contributed by atoms with E-state index in [1.54, 1.807) is 0 Å². The molecule has 4 heteroatoms. The van der Waals surface area contributed by atoms with Crippen LogP contribution >= 0.6 is 0 Å². The van der Waals surface area contributed by atoms with Gasteiger partial charge in [-0.05, 0) is 48.6 Å². The molecule has 1 aromatic rings. The summed E-state index contributed by atoms with van der Waals surface area (Å²) in [6.07, 6.45) is 3.90. The van der Waals surface area contributed by atoms with Crippen LogP contribution in [0.25, 0.3) is 0 Å². The molecule has 1 aliphatic heterocycles. The second-order valence-corrected chi connectivity index (χ2v) is 6.91. The largest absolute Gasteiger partial charge is 0.396 e. The molecule has 0 aromatic heterocycles. The molecule has 2 aliphatic carbocycles. The number of fused-ring (bicyclic) bond motifs is 3. The van der Waals surface area contributed by atoms with Gasteiger partial charge in [-0.25, -0.2) is 0 Å². The summed E-state index contributed by atoms with van der Waals surface area (Å²) >= 11 is 0. The highest BCUT2D eigenvalue weighted by atomic mass is 16.5. The number of aliphatic hydroxyl groups is 1. The number of nitrogens with one attached hydrogen (secondary N) is 1. The number of carbonyl (C=O) groups is 1. The molecule has 0 saturated heterocycles. The Hall–Kier alpha value is -1.39. The highest BCUT2D eigenvalue weighted by molar-refractivity contribution is 5.83. The molecule has 1 aromatic carbocycles. The van der Waals surface area contributed by atoms with Crippen LogP contribution in [0.3, 0.4) is 0 Å². The number of aliphatic hydroxyl groups excluding tert-OH is 1. The fraction of sp³-hybridized carbons (Fsp3) is 0.611. The van der Waals surface area contributed by atoms with Crippen LogP contribution in [0.5, 0.6) is 0 Å². The Labute approximate surface area is 130 Å². The summed E-state index contributed by atoms with van der Waals surface area (Å²) in [4.78, 5) is 12.7. The first-order valence-corrected chi connectivity index (χ1v) is 8.38. The summed E-state index contributed by atoms with van der Waals surface area (Å²) in [6, 6.07) is 8.16. The lowest BCUT2D eigenvalue weighted by Crippen LogP contribution is -2.47. The Balaban J connectivity index is 1.51. The molecule has 2 fully saturated rings. The molecule has 2 bridgehead atoms. The van der Waals surface area contributed by atoms with Crippen molar-refractivity contribution in [2.45, 2.75) is 37.8 Å². The first-order valence-electron chi connectivity index (χ1n) is 8.38. The van der Waals surface area contributed by atoms with Crippen molar-refractivity contribution in [1.29, 1.82) is 0 Å². The normalized spacial score (nSPS) is 36.1. The Kier molecular flexibility index (Phi) is 3.66. The third-order valence-corrected chi connectivity index (χ3v) is 5.84. The molecule has 22 heavy (non-hydrogen) atoms. The van der Waals surface area contributed by atoms with E-state index in [9.17, 15) is 9.90 Å². The van der Waals surface area contributed by atoms with Crippen LogP contribution in [0, 0.1) is 17.8 Å². The highest BCUT2D eigenvalue weighted by Gasteiger charge is 2.48. The minimum Gasteiger partial charge on any atom is -0.396 e. The van der Waals surface area contributed by atoms with Crippen LogP contribution in [0.2, 0.25) is 0 Å². The standard InChI is InChI=1S/C18H23NO3/c20-10-15-12-5-6-13(9-12)16(15)19-18(21)17-14-4-2-1-3-11(14)7-8-22-17/h1-4,12-13,15-17,20H,5-10H2,(H,19,21)/t12-,13-,15+,16+,17+/m0/s1. The van der Waals surface area contributed by atoms with Gasteiger partial charge in [-0.15, -0.1) is 0 Å². The fourth-order valence-electron chi connectivity index (χ4n) is 4.75. The van der Waals surface area contributed by atoms with Crippen LogP contribution in [0.1, 0.15) is 36.5 Å². The molecular weight excluding hydrogens is 278 g/mol. The van der Waals surface area contributed by atoms with Crippen LogP contribution in [-0.4, -0.2) is 30.3 Å². The highest BCUT2D eigenvalue weighted by Crippen LogP contribution is 2.48. The molecule has 4 rings (SSSR count). The quantitative estimate of drug-likeness (QED) is 0.895. The number of benzene rings is 1. The predicted molar refractivity (Wildman–Crippen MR) is 82.2 cm³/mol. The van der Waals surface area contributed by atoms with Gasteiger partial charge in [-0.3, -0.25) is 4.79 Å². The Bertz CT molecular complexity index is 573. The number of carbonyl (C=O) groups excluding carboxylic acids is 1. The van der Waals surface area contributed by atoms with Gasteiger partial charge >= 0.3 is 0 Å². The molecule has 3 aliphatic rings. The molecule has 5 atom stereocenters. The summed E-state index contributed by atoms with van der Waals surface area (Å²) in [6.45, 7) is 0.767. The van der Waals surface area contributed by atoms with Gasteiger partial charge in [0, 0.05) is 18.6 Å². The van der Waals surface area contributed by atoms with Crippen LogP contribution in [0.15, 0.2) is 24.3 Å². The van der Waals surface area contributed by atoms with E-state index in [1.807, 2.05) is 18.2 Å². The van der Waals surface area contributed by atoms with Crippen molar-refractivity contribution in [3.05, 3.63) is 35.4 Å². The Morgan fingerprint density at radius 1 is 1.27 bits per heavy atom. The minimum absolute atomic E-state index is 0.0388. The van der Waals surface area contributed by atoms with E-state index < -0.39 is 6.10 Å². The van der Waals surface area contributed by atoms with E-state index in [0.717, 1.165) is 18.4 Å². The third-order valence-electron chi connectivity index (χ3n) is 5.84. The number of hydrogen-bond acceptors (Lipinski definition) is 3. The zero-order chi connectivity index (χ0) is 15.1. The molecular formula is C18H23NO3. The minimum atomic E-state index is -0.497. The molecule has 0 spiro atoms. The van der Waals surface area contributed by atoms with Crippen molar-refractivity contribution < 1.29 is 14.6 Å². The summed E-state index contributed by atoms with van der Waals surface area (Å²) in [5.41, 5.74) is 2.20. The summed E-state index contributed by atoms with van der Waals surface area (Å²) in [5.74, 6) is 1.30. The lowest BCUT2D eigenvalue weighted by molar-refractivity contribution is -0.135. The molecule has 118 valence electrons. The van der Waals surface area contributed by atoms with Crippen molar-refractivity contribution in [2.24, 2.45) is 17.8 Å². The maximum absolute atomic E-state index is 12.7. The molecule has 4 nitrogen and oxygen atoms in total. The van der Waals surface area contributed by atoms with Gasteiger partial charge in [0.15, 0.2) is 6.10 Å². The second kappa shape index (κ2) is 5.67. The van der Waals surface area contributed by atoms with E-state index in [0.29, 0.717) is 18.4 Å². The van der Waals surface area contributed by atoms with Crippen molar-refractivity contribution in [2.75, 3.05) is 13.2 Å². The topological polar surface area (TPSA) is 58.6 Å². The maximum Gasteiger partial charge on any atom is 0.254 e. The van der Waals surface area contributed by atoms with Crippen molar-refractivity contribution >= 4 is 5.91 Å². The maximum atomic E-state index is 12.7. The summed E-state index contributed by atoms with van der Waals surface area (Å²) < 4.78 is 5.75. The molecule has 0 radical (unpaired) electrons. The monoisotopic (exact) mass is 301 g/mol. The van der Waals surface area contributed by atoms with Gasteiger partial charge < -0.3 is 15.2 Å². The fourth-order valence-corrected chi connectivity index (χ4v) is 4.75. The average molecular weight is 301 g/mol. The van der Waals surface area contributed by atoms with E-state index in [-0.39, 0.29) is 24.5 Å². The number of hydrogen-bond donors (Lipinski definition) is 2. The van der Waals surface area contributed by atoms with Crippen molar-refractivity contribution in [1.82, 2.24) is 5.32 Å². The van der Waals surface area contributed by atoms with E-state index in [4.69, 9.17) is 4.74 Å². The molecule has 2 N–H and O–H groups in total. The van der Waals surface area contributed by atoms with Crippen molar-refractivity contribution in [3.8, 4) is 0 Å². The SMILES string of the molecule is O=C(N[C@@H]1[C@H]2CC[C@@H](C2)[C@H]1CO)[C@@H]1OCCc2ccccc21. The molecule has 0 unspecified atom stereocenters. The Morgan fingerprint density at radius 3 is 2.95 bits per heavy atom. The van der Waals surface area contributed by atoms with Gasteiger partial charge in [0.05, 0.1) is 6.61 Å². The second-order valence-electron chi connectivity index (χ2n) is 6.91. The lowest BCUT2D eigenvalue weighted by Gasteiger charge is -2.33. The van der Waals surface area contributed by atoms with Gasteiger partial charge in [0.1, 0.15) is 0 Å². The van der Waals surface area contributed by atoms with Crippen LogP contribution in [0.4, 0.5) is 0 Å². The van der Waals surface area contributed by atoms with E-state index >= 15 is 0 Å². The summed E-state index contributed by atoms with van der Waals surface area (Å²) in [7, 11) is 0. The molecule has 2 saturated carbocycles. The lowest BCUT2D eigenvalue weighted by atomic mass is 9.84. The number of ether oxygens (including phenoxy) is 1. The van der Waals surface area contributed by atoms with Crippen LogP contribution < -0.4 is 5.32 Å². The first kappa shape index (κ1) is 14.2. The van der Waals surface area contributed by atoms with Gasteiger partial charge in [-0.1, -0.05) is 24.3 Å². The summed E-state index contributed by atoms with van der Waals surface area (Å²) in [5, 5.41) is 12.9.